The topological polar surface area (TPSA) is 55.8 Å². The van der Waals surface area contributed by atoms with Gasteiger partial charge in [-0.1, -0.05) is 25.3 Å². The molecule has 108 valence electrons. The highest BCUT2D eigenvalue weighted by Crippen LogP contribution is 2.49. The Morgan fingerprint density at radius 3 is 2.65 bits per heavy atom. The standard InChI is InChI=1S/C15H18O4S/c1-20-13-10(5-6-11-12(13)19-9-18-11)15(14(16)17)7-3-2-4-8-15/h5-6H,2-4,7-9H2,1H3,(H,16,17). The Labute approximate surface area is 122 Å². The quantitative estimate of drug-likeness (QED) is 0.866. The second kappa shape index (κ2) is 5.20. The van der Waals surface area contributed by atoms with Crippen molar-refractivity contribution in [2.45, 2.75) is 42.4 Å². The number of rotatable bonds is 3. The van der Waals surface area contributed by atoms with Crippen molar-refractivity contribution in [2.75, 3.05) is 13.0 Å². The van der Waals surface area contributed by atoms with E-state index in [4.69, 9.17) is 9.47 Å². The second-order valence-corrected chi connectivity index (χ2v) is 6.14. The molecular formula is C15H18O4S. The lowest BCUT2D eigenvalue weighted by Gasteiger charge is -2.35. The molecule has 1 aliphatic carbocycles. The highest BCUT2D eigenvalue weighted by Gasteiger charge is 2.44. The molecule has 1 aromatic carbocycles. The van der Waals surface area contributed by atoms with Gasteiger partial charge in [0.15, 0.2) is 11.5 Å². The van der Waals surface area contributed by atoms with E-state index in [-0.39, 0.29) is 6.79 Å². The molecule has 0 bridgehead atoms. The van der Waals surface area contributed by atoms with Gasteiger partial charge in [0.1, 0.15) is 0 Å². The monoisotopic (exact) mass is 294 g/mol. The predicted molar refractivity (Wildman–Crippen MR) is 76.7 cm³/mol. The maximum atomic E-state index is 12.0. The molecule has 0 saturated heterocycles. The van der Waals surface area contributed by atoms with Gasteiger partial charge in [-0.25, -0.2) is 0 Å². The van der Waals surface area contributed by atoms with Crippen LogP contribution in [-0.4, -0.2) is 24.1 Å². The summed E-state index contributed by atoms with van der Waals surface area (Å²) >= 11 is 1.54. The van der Waals surface area contributed by atoms with Crippen molar-refractivity contribution < 1.29 is 19.4 Å². The Bertz CT molecular complexity index is 535. The van der Waals surface area contributed by atoms with Gasteiger partial charge in [0.25, 0.3) is 0 Å². The third-order valence-corrected chi connectivity index (χ3v) is 5.14. The minimum absolute atomic E-state index is 0.215. The van der Waals surface area contributed by atoms with Crippen LogP contribution in [0.25, 0.3) is 0 Å². The summed E-state index contributed by atoms with van der Waals surface area (Å²) in [5, 5.41) is 9.83. The zero-order valence-corrected chi connectivity index (χ0v) is 12.3. The average Bonchev–Trinajstić information content (AvgIpc) is 2.95. The fraction of sp³-hybridized carbons (Fsp3) is 0.533. The number of aliphatic carboxylic acids is 1. The first-order chi connectivity index (χ1) is 9.69. The summed E-state index contributed by atoms with van der Waals surface area (Å²) in [6.07, 6.45) is 6.42. The molecule has 1 heterocycles. The van der Waals surface area contributed by atoms with E-state index in [0.717, 1.165) is 35.5 Å². The maximum Gasteiger partial charge on any atom is 0.314 e. The van der Waals surface area contributed by atoms with Crippen molar-refractivity contribution in [3.8, 4) is 11.5 Å². The molecule has 3 rings (SSSR count). The van der Waals surface area contributed by atoms with E-state index in [1.807, 2.05) is 18.4 Å². The number of hydrogen-bond donors (Lipinski definition) is 1. The summed E-state index contributed by atoms with van der Waals surface area (Å²) in [5.41, 5.74) is 0.124. The molecular weight excluding hydrogens is 276 g/mol. The third-order valence-electron chi connectivity index (χ3n) is 4.33. The smallest absolute Gasteiger partial charge is 0.314 e. The first-order valence-electron chi connectivity index (χ1n) is 6.89. The number of fused-ring (bicyclic) bond motifs is 1. The van der Waals surface area contributed by atoms with Crippen LogP contribution >= 0.6 is 11.8 Å². The average molecular weight is 294 g/mol. The molecule has 1 N–H and O–H groups in total. The normalized spacial score (nSPS) is 19.9. The van der Waals surface area contributed by atoms with E-state index in [9.17, 15) is 9.90 Å². The summed E-state index contributed by atoms with van der Waals surface area (Å²) in [6.45, 7) is 0.215. The highest BCUT2D eigenvalue weighted by molar-refractivity contribution is 7.98. The minimum atomic E-state index is -0.766. The summed E-state index contributed by atoms with van der Waals surface area (Å²) in [6, 6.07) is 3.76. The molecule has 0 unspecified atom stereocenters. The fourth-order valence-corrected chi connectivity index (χ4v) is 4.11. The highest BCUT2D eigenvalue weighted by atomic mass is 32.2. The van der Waals surface area contributed by atoms with Crippen LogP contribution in [0, 0.1) is 0 Å². The number of hydrogen-bond acceptors (Lipinski definition) is 4. The molecule has 1 aromatic rings. The van der Waals surface area contributed by atoms with Gasteiger partial charge in [-0.2, -0.15) is 0 Å². The van der Waals surface area contributed by atoms with Crippen LogP contribution in [0.1, 0.15) is 37.7 Å². The second-order valence-electron chi connectivity index (χ2n) is 5.33. The lowest BCUT2D eigenvalue weighted by Crippen LogP contribution is -2.38. The Hall–Kier alpha value is -1.36. The van der Waals surface area contributed by atoms with Gasteiger partial charge in [0.2, 0.25) is 6.79 Å². The summed E-state index contributed by atoms with van der Waals surface area (Å²) in [7, 11) is 0. The van der Waals surface area contributed by atoms with Gasteiger partial charge in [-0.3, -0.25) is 4.79 Å². The Morgan fingerprint density at radius 1 is 1.25 bits per heavy atom. The Kier molecular flexibility index (Phi) is 3.54. The van der Waals surface area contributed by atoms with Gasteiger partial charge < -0.3 is 14.6 Å². The number of carboxylic acid groups (broad SMARTS) is 1. The molecule has 0 spiro atoms. The van der Waals surface area contributed by atoms with Gasteiger partial charge in [0, 0.05) is 0 Å². The van der Waals surface area contributed by atoms with Crippen molar-refractivity contribution in [1.29, 1.82) is 0 Å². The molecule has 2 aliphatic rings. The fourth-order valence-electron chi connectivity index (χ4n) is 3.28. The zero-order chi connectivity index (χ0) is 14.2. The molecule has 4 nitrogen and oxygen atoms in total. The molecule has 5 heteroatoms. The van der Waals surface area contributed by atoms with Crippen molar-refractivity contribution in [1.82, 2.24) is 0 Å². The molecule has 1 fully saturated rings. The van der Waals surface area contributed by atoms with Crippen molar-refractivity contribution in [2.24, 2.45) is 0 Å². The van der Waals surface area contributed by atoms with E-state index in [1.165, 1.54) is 0 Å². The van der Waals surface area contributed by atoms with Crippen LogP contribution in [0.15, 0.2) is 17.0 Å². The van der Waals surface area contributed by atoms with Gasteiger partial charge >= 0.3 is 5.97 Å². The Balaban J connectivity index is 2.14. The van der Waals surface area contributed by atoms with Crippen LogP contribution in [0.4, 0.5) is 0 Å². The minimum Gasteiger partial charge on any atom is -0.481 e. The molecule has 0 atom stereocenters. The zero-order valence-electron chi connectivity index (χ0n) is 11.5. The van der Waals surface area contributed by atoms with E-state index >= 15 is 0 Å². The van der Waals surface area contributed by atoms with E-state index in [2.05, 4.69) is 0 Å². The molecule has 0 aromatic heterocycles. The summed E-state index contributed by atoms with van der Waals surface area (Å²) in [4.78, 5) is 12.9. The molecule has 0 radical (unpaired) electrons. The summed E-state index contributed by atoms with van der Waals surface area (Å²) < 4.78 is 10.9. The Morgan fingerprint density at radius 2 is 2.00 bits per heavy atom. The van der Waals surface area contributed by atoms with Crippen molar-refractivity contribution >= 4 is 17.7 Å². The summed E-state index contributed by atoms with van der Waals surface area (Å²) in [5.74, 6) is 0.710. The van der Waals surface area contributed by atoms with Crippen LogP contribution in [0.5, 0.6) is 11.5 Å². The molecule has 20 heavy (non-hydrogen) atoms. The number of carboxylic acids is 1. The van der Waals surface area contributed by atoms with E-state index < -0.39 is 11.4 Å². The number of thioether (sulfide) groups is 1. The predicted octanol–water partition coefficient (Wildman–Crippen LogP) is 3.42. The number of carbonyl (C=O) groups is 1. The lowest BCUT2D eigenvalue weighted by molar-refractivity contribution is -0.145. The molecule has 1 saturated carbocycles. The molecule has 1 aliphatic heterocycles. The van der Waals surface area contributed by atoms with Crippen molar-refractivity contribution in [3.05, 3.63) is 17.7 Å². The van der Waals surface area contributed by atoms with Crippen LogP contribution < -0.4 is 9.47 Å². The maximum absolute atomic E-state index is 12.0. The van der Waals surface area contributed by atoms with Crippen LogP contribution in [0.2, 0.25) is 0 Å². The lowest BCUT2D eigenvalue weighted by atomic mass is 9.69. The van der Waals surface area contributed by atoms with Gasteiger partial charge in [-0.15, -0.1) is 11.8 Å². The largest absolute Gasteiger partial charge is 0.481 e. The van der Waals surface area contributed by atoms with E-state index in [1.54, 1.807) is 11.8 Å². The van der Waals surface area contributed by atoms with Crippen molar-refractivity contribution in [3.63, 3.8) is 0 Å². The van der Waals surface area contributed by atoms with Gasteiger partial charge in [-0.05, 0) is 30.7 Å². The SMILES string of the molecule is CSc1c(C2(C(=O)O)CCCCC2)ccc2c1OCO2. The van der Waals surface area contributed by atoms with Crippen LogP contribution in [0.3, 0.4) is 0 Å². The van der Waals surface area contributed by atoms with Crippen LogP contribution in [-0.2, 0) is 10.2 Å². The number of ether oxygens (including phenoxy) is 2. The van der Waals surface area contributed by atoms with Gasteiger partial charge in [0.05, 0.1) is 10.3 Å². The van der Waals surface area contributed by atoms with E-state index in [0.29, 0.717) is 18.6 Å². The number of benzene rings is 1. The first-order valence-corrected chi connectivity index (χ1v) is 8.12. The first kappa shape index (κ1) is 13.6. The molecule has 0 amide bonds. The third kappa shape index (κ3) is 1.95.